The minimum atomic E-state index is -3.74. The van der Waals surface area contributed by atoms with Gasteiger partial charge in [-0.25, -0.2) is 12.8 Å². The van der Waals surface area contributed by atoms with Gasteiger partial charge in [0.15, 0.2) is 0 Å². The Bertz CT molecular complexity index is 561. The molecule has 0 spiro atoms. The maximum absolute atomic E-state index is 13.8. The summed E-state index contributed by atoms with van der Waals surface area (Å²) in [6.07, 6.45) is 0.694. The fraction of sp³-hybridized carbons (Fsp3) is 0.571. The summed E-state index contributed by atoms with van der Waals surface area (Å²) in [6, 6.07) is 4.04. The molecule has 0 heterocycles. The van der Waals surface area contributed by atoms with Gasteiger partial charge in [-0.3, -0.25) is 0 Å². The molecule has 1 rings (SSSR count). The molecule has 0 radical (unpaired) electrons. The van der Waals surface area contributed by atoms with Crippen molar-refractivity contribution < 1.29 is 12.8 Å². The van der Waals surface area contributed by atoms with Crippen molar-refractivity contribution in [2.45, 2.75) is 24.8 Å². The Morgan fingerprint density at radius 1 is 1.19 bits per heavy atom. The molecule has 1 aromatic carbocycles. The number of rotatable bonds is 8. The van der Waals surface area contributed by atoms with Crippen LogP contribution in [0.3, 0.4) is 0 Å². The highest BCUT2D eigenvalue weighted by Crippen LogP contribution is 2.22. The van der Waals surface area contributed by atoms with Crippen molar-refractivity contribution in [1.29, 1.82) is 0 Å². The third-order valence-corrected chi connectivity index (χ3v) is 5.15. The van der Waals surface area contributed by atoms with Crippen LogP contribution in [0.15, 0.2) is 23.1 Å². The van der Waals surface area contributed by atoms with E-state index in [1.165, 1.54) is 22.5 Å². The Labute approximate surface area is 126 Å². The SMILES string of the molecule is CCCN(CCN(C)C)S(=O)(=O)c1cccc(F)c1CN. The average molecular weight is 317 g/mol. The number of sulfonamides is 1. The summed E-state index contributed by atoms with van der Waals surface area (Å²) in [4.78, 5) is 1.88. The fourth-order valence-electron chi connectivity index (χ4n) is 2.03. The molecule has 0 amide bonds. The van der Waals surface area contributed by atoms with Crippen LogP contribution in [0.1, 0.15) is 18.9 Å². The van der Waals surface area contributed by atoms with E-state index in [2.05, 4.69) is 0 Å². The second-order valence-corrected chi connectivity index (χ2v) is 7.03. The van der Waals surface area contributed by atoms with Crippen LogP contribution in [0, 0.1) is 5.82 Å². The molecule has 0 aliphatic rings. The van der Waals surface area contributed by atoms with Crippen molar-refractivity contribution in [1.82, 2.24) is 9.21 Å². The van der Waals surface area contributed by atoms with Gasteiger partial charge in [0.1, 0.15) is 5.82 Å². The molecule has 21 heavy (non-hydrogen) atoms. The highest BCUT2D eigenvalue weighted by Gasteiger charge is 2.27. The predicted octanol–water partition coefficient (Wildman–Crippen LogP) is 1.25. The normalized spacial score (nSPS) is 12.3. The lowest BCUT2D eigenvalue weighted by molar-refractivity contribution is 0.332. The minimum Gasteiger partial charge on any atom is -0.326 e. The molecule has 0 saturated heterocycles. The van der Waals surface area contributed by atoms with Gasteiger partial charge in [-0.2, -0.15) is 4.31 Å². The zero-order valence-electron chi connectivity index (χ0n) is 12.8. The molecule has 0 aromatic heterocycles. The molecule has 1 aromatic rings. The third-order valence-electron chi connectivity index (χ3n) is 3.17. The summed E-state index contributed by atoms with van der Waals surface area (Å²) in [5, 5.41) is 0. The van der Waals surface area contributed by atoms with Gasteiger partial charge in [0.25, 0.3) is 0 Å². The Balaban J connectivity index is 3.19. The topological polar surface area (TPSA) is 66.6 Å². The number of halogens is 1. The Kier molecular flexibility index (Phi) is 6.73. The highest BCUT2D eigenvalue weighted by molar-refractivity contribution is 7.89. The van der Waals surface area contributed by atoms with E-state index in [1.54, 1.807) is 0 Å². The second-order valence-electron chi connectivity index (χ2n) is 5.13. The van der Waals surface area contributed by atoms with E-state index in [-0.39, 0.29) is 17.0 Å². The van der Waals surface area contributed by atoms with E-state index in [0.717, 1.165) is 0 Å². The molecule has 0 aliphatic heterocycles. The van der Waals surface area contributed by atoms with Crippen molar-refractivity contribution >= 4 is 10.0 Å². The molecule has 5 nitrogen and oxygen atoms in total. The minimum absolute atomic E-state index is 0.0304. The number of hydrogen-bond donors (Lipinski definition) is 1. The summed E-state index contributed by atoms with van der Waals surface area (Å²) in [6.45, 7) is 3.13. The predicted molar refractivity (Wildman–Crippen MR) is 81.9 cm³/mol. The van der Waals surface area contributed by atoms with Crippen LogP contribution >= 0.6 is 0 Å². The molecule has 0 saturated carbocycles. The van der Waals surface area contributed by atoms with Gasteiger partial charge < -0.3 is 10.6 Å². The summed E-state index contributed by atoms with van der Waals surface area (Å²) in [5.41, 5.74) is 5.56. The van der Waals surface area contributed by atoms with Crippen LogP contribution in [-0.4, -0.2) is 51.4 Å². The van der Waals surface area contributed by atoms with Crippen LogP contribution in [-0.2, 0) is 16.6 Å². The number of hydrogen-bond acceptors (Lipinski definition) is 4. The lowest BCUT2D eigenvalue weighted by atomic mass is 10.2. The maximum Gasteiger partial charge on any atom is 0.243 e. The van der Waals surface area contributed by atoms with E-state index < -0.39 is 15.8 Å². The summed E-state index contributed by atoms with van der Waals surface area (Å²) < 4.78 is 40.7. The standard InChI is InChI=1S/C14H24FN3O2S/c1-4-8-18(10-9-17(2)3)21(19,20)14-7-5-6-13(15)12(14)11-16/h5-7H,4,8-11,16H2,1-3H3. The summed E-state index contributed by atoms with van der Waals surface area (Å²) in [7, 11) is 0.0209. The first-order valence-corrected chi connectivity index (χ1v) is 8.41. The molecule has 0 atom stereocenters. The second kappa shape index (κ2) is 7.84. The van der Waals surface area contributed by atoms with Crippen molar-refractivity contribution in [3.8, 4) is 0 Å². The van der Waals surface area contributed by atoms with Gasteiger partial charge >= 0.3 is 0 Å². The molecular formula is C14H24FN3O2S. The number of benzene rings is 1. The van der Waals surface area contributed by atoms with E-state index in [4.69, 9.17) is 5.73 Å². The third kappa shape index (κ3) is 4.47. The van der Waals surface area contributed by atoms with Gasteiger partial charge in [-0.1, -0.05) is 13.0 Å². The first-order valence-electron chi connectivity index (χ1n) is 6.97. The lowest BCUT2D eigenvalue weighted by Gasteiger charge is -2.24. The van der Waals surface area contributed by atoms with Crippen LogP contribution < -0.4 is 5.73 Å². The van der Waals surface area contributed by atoms with E-state index >= 15 is 0 Å². The fourth-order valence-corrected chi connectivity index (χ4v) is 3.80. The van der Waals surface area contributed by atoms with Gasteiger partial charge in [0, 0.05) is 31.7 Å². The molecule has 7 heteroatoms. The zero-order chi connectivity index (χ0) is 16.0. The average Bonchev–Trinajstić information content (AvgIpc) is 2.42. The number of nitrogens with two attached hydrogens (primary N) is 1. The van der Waals surface area contributed by atoms with Crippen molar-refractivity contribution in [3.63, 3.8) is 0 Å². The van der Waals surface area contributed by atoms with Crippen molar-refractivity contribution in [2.24, 2.45) is 5.73 Å². The van der Waals surface area contributed by atoms with Crippen molar-refractivity contribution in [2.75, 3.05) is 33.7 Å². The van der Waals surface area contributed by atoms with Gasteiger partial charge in [-0.15, -0.1) is 0 Å². The van der Waals surface area contributed by atoms with E-state index in [1.807, 2.05) is 25.9 Å². The molecule has 120 valence electrons. The van der Waals surface area contributed by atoms with Gasteiger partial charge in [0.2, 0.25) is 10.0 Å². The molecular weight excluding hydrogens is 293 g/mol. The van der Waals surface area contributed by atoms with Crippen LogP contribution in [0.2, 0.25) is 0 Å². The molecule has 0 bridgehead atoms. The Morgan fingerprint density at radius 3 is 2.38 bits per heavy atom. The van der Waals surface area contributed by atoms with Crippen molar-refractivity contribution in [3.05, 3.63) is 29.6 Å². The molecule has 0 unspecified atom stereocenters. The van der Waals surface area contributed by atoms with Crippen LogP contribution in [0.25, 0.3) is 0 Å². The number of likely N-dealkylation sites (N-methyl/N-ethyl adjacent to an activating group) is 1. The van der Waals surface area contributed by atoms with Gasteiger partial charge in [-0.05, 0) is 32.6 Å². The smallest absolute Gasteiger partial charge is 0.243 e. The Hall–Kier alpha value is -1.02. The summed E-state index contributed by atoms with van der Waals surface area (Å²) >= 11 is 0. The van der Waals surface area contributed by atoms with Crippen LogP contribution in [0.4, 0.5) is 4.39 Å². The molecule has 0 aliphatic carbocycles. The summed E-state index contributed by atoms with van der Waals surface area (Å²) in [5.74, 6) is -0.581. The lowest BCUT2D eigenvalue weighted by Crippen LogP contribution is -2.37. The molecule has 2 N–H and O–H groups in total. The maximum atomic E-state index is 13.8. The monoisotopic (exact) mass is 317 g/mol. The van der Waals surface area contributed by atoms with E-state index in [0.29, 0.717) is 26.1 Å². The Morgan fingerprint density at radius 2 is 1.86 bits per heavy atom. The number of nitrogens with zero attached hydrogens (tertiary/aromatic N) is 2. The van der Waals surface area contributed by atoms with Gasteiger partial charge in [0.05, 0.1) is 4.90 Å². The zero-order valence-corrected chi connectivity index (χ0v) is 13.7. The van der Waals surface area contributed by atoms with Crippen LogP contribution in [0.5, 0.6) is 0 Å². The highest BCUT2D eigenvalue weighted by atomic mass is 32.2. The first-order chi connectivity index (χ1) is 9.84. The quantitative estimate of drug-likeness (QED) is 0.783. The van der Waals surface area contributed by atoms with E-state index in [9.17, 15) is 12.8 Å². The first kappa shape index (κ1) is 18.0. The largest absolute Gasteiger partial charge is 0.326 e. The molecule has 0 fully saturated rings.